The van der Waals surface area contributed by atoms with Crippen molar-refractivity contribution in [1.82, 2.24) is 9.88 Å². The Labute approximate surface area is 229 Å². The Morgan fingerprint density at radius 1 is 1.13 bits per heavy atom. The van der Waals surface area contributed by atoms with Gasteiger partial charge in [-0.2, -0.15) is 0 Å². The maximum absolute atomic E-state index is 14.2. The fourth-order valence-corrected chi connectivity index (χ4v) is 4.78. The molecule has 0 saturated carbocycles. The topological polar surface area (TPSA) is 54.8 Å². The molecule has 0 amide bonds. The largest absolute Gasteiger partial charge is 0.474 e. The Balaban J connectivity index is 1.20. The summed E-state index contributed by atoms with van der Waals surface area (Å²) in [4.78, 5) is 22.7. The molecular weight excluding hydrogens is 501 g/mol. The molecule has 5 nitrogen and oxygen atoms in total. The molecule has 1 aliphatic heterocycles. The first kappa shape index (κ1) is 27.9. The molecule has 0 N–H and O–H groups in total. The molecule has 0 radical (unpaired) electrons. The third kappa shape index (κ3) is 9.03. The molecule has 1 aliphatic rings. The van der Waals surface area contributed by atoms with Crippen molar-refractivity contribution in [3.8, 4) is 5.88 Å². The summed E-state index contributed by atoms with van der Waals surface area (Å²) >= 11 is 5.86. The van der Waals surface area contributed by atoms with Gasteiger partial charge in [-0.1, -0.05) is 35.9 Å². The average Bonchev–Trinajstić information content (AvgIpc) is 2.90. The van der Waals surface area contributed by atoms with Gasteiger partial charge in [0, 0.05) is 55.5 Å². The molecule has 4 rings (SSSR count). The van der Waals surface area contributed by atoms with Gasteiger partial charge in [0.1, 0.15) is 17.7 Å². The van der Waals surface area contributed by atoms with Crippen molar-refractivity contribution in [2.75, 3.05) is 19.6 Å². The fraction of sp³-hybridized carbons (Fsp3) is 0.387. The highest BCUT2D eigenvalue weighted by atomic mass is 35.5. The number of carbonyl (C=O) groups excluding carboxylic acids is 1. The first-order valence-corrected chi connectivity index (χ1v) is 13.7. The first-order valence-electron chi connectivity index (χ1n) is 13.3. The lowest BCUT2D eigenvalue weighted by Crippen LogP contribution is -2.39. The second-order valence-electron chi connectivity index (χ2n) is 9.89. The number of unbranched alkanes of at least 4 members (excludes halogenated alkanes) is 1. The number of halogens is 2. The van der Waals surface area contributed by atoms with Gasteiger partial charge in [0.25, 0.3) is 0 Å². The monoisotopic (exact) mass is 535 g/mol. The predicted molar refractivity (Wildman–Crippen MR) is 151 cm³/mol. The zero-order valence-corrected chi connectivity index (χ0v) is 22.7. The van der Waals surface area contributed by atoms with Crippen molar-refractivity contribution in [3.05, 3.63) is 88.3 Å². The fourth-order valence-electron chi connectivity index (χ4n) is 4.62. The Morgan fingerprint density at radius 3 is 2.74 bits per heavy atom. The highest BCUT2D eigenvalue weighted by molar-refractivity contribution is 6.30. The Morgan fingerprint density at radius 2 is 1.95 bits per heavy atom. The van der Waals surface area contributed by atoms with E-state index in [1.54, 1.807) is 19.1 Å². The van der Waals surface area contributed by atoms with Crippen LogP contribution in [0.2, 0.25) is 5.02 Å². The van der Waals surface area contributed by atoms with E-state index in [1.807, 2.05) is 36.5 Å². The number of likely N-dealkylation sites (tertiary alicyclic amines) is 1. The SMILES string of the molecule is CC(=O)CCCCc1cccc(/N=C/CN2CCC(Oc3cccc(Cc4ccc(Cl)cc4F)n3)CC2)c1. The van der Waals surface area contributed by atoms with E-state index in [0.717, 1.165) is 63.1 Å². The zero-order chi connectivity index (χ0) is 26.7. The van der Waals surface area contributed by atoms with Crippen molar-refractivity contribution in [2.24, 2.45) is 4.99 Å². The molecule has 1 saturated heterocycles. The van der Waals surface area contributed by atoms with Gasteiger partial charge in [-0.25, -0.2) is 9.37 Å². The van der Waals surface area contributed by atoms with Crippen LogP contribution in [0, 0.1) is 5.82 Å². The molecule has 0 unspecified atom stereocenters. The van der Waals surface area contributed by atoms with Crippen LogP contribution in [0.3, 0.4) is 0 Å². The van der Waals surface area contributed by atoms with Gasteiger partial charge in [-0.15, -0.1) is 0 Å². The standard InChI is InChI=1S/C31H35ClFN3O2/c1-23(37)6-2-3-7-24-8-4-9-27(20-24)34-16-19-36-17-14-29(15-18-36)38-31-11-5-10-28(35-31)21-25-12-13-26(32)22-30(25)33/h4-5,8-13,16,20,22,29H,2-3,6-7,14-15,17-19,21H2,1H3/b34-16+. The number of carbonyl (C=O) groups is 1. The zero-order valence-electron chi connectivity index (χ0n) is 21.9. The molecule has 1 fully saturated rings. The molecule has 2 aromatic carbocycles. The molecule has 0 atom stereocenters. The Hall–Kier alpha value is -3.09. The average molecular weight is 536 g/mol. The van der Waals surface area contributed by atoms with Crippen LogP contribution >= 0.6 is 11.6 Å². The lowest BCUT2D eigenvalue weighted by Gasteiger charge is -2.30. The molecule has 200 valence electrons. The molecule has 2 heterocycles. The van der Waals surface area contributed by atoms with Crippen LogP contribution < -0.4 is 4.74 Å². The summed E-state index contributed by atoms with van der Waals surface area (Å²) in [5, 5.41) is 0.386. The van der Waals surface area contributed by atoms with E-state index < -0.39 is 0 Å². The van der Waals surface area contributed by atoms with E-state index in [-0.39, 0.29) is 17.7 Å². The quantitative estimate of drug-likeness (QED) is 0.185. The maximum Gasteiger partial charge on any atom is 0.213 e. The van der Waals surface area contributed by atoms with Gasteiger partial charge in [0.05, 0.1) is 5.69 Å². The number of benzene rings is 2. The summed E-state index contributed by atoms with van der Waals surface area (Å²) in [5.74, 6) is 0.515. The van der Waals surface area contributed by atoms with Gasteiger partial charge in [0.15, 0.2) is 0 Å². The van der Waals surface area contributed by atoms with Gasteiger partial charge < -0.3 is 9.53 Å². The van der Waals surface area contributed by atoms with Crippen LogP contribution in [0.4, 0.5) is 10.1 Å². The van der Waals surface area contributed by atoms with Gasteiger partial charge in [-0.3, -0.25) is 9.89 Å². The lowest BCUT2D eigenvalue weighted by atomic mass is 10.1. The Kier molecular flexibility index (Phi) is 10.4. The molecular formula is C31H35ClFN3O2. The highest BCUT2D eigenvalue weighted by Gasteiger charge is 2.20. The summed E-state index contributed by atoms with van der Waals surface area (Å²) in [5.41, 5.74) is 3.55. The molecule has 0 bridgehead atoms. The van der Waals surface area contributed by atoms with Crippen molar-refractivity contribution < 1.29 is 13.9 Å². The van der Waals surface area contributed by atoms with Crippen LogP contribution in [0.5, 0.6) is 5.88 Å². The number of aryl methyl sites for hydroxylation is 1. The van der Waals surface area contributed by atoms with Crippen molar-refractivity contribution in [2.45, 2.75) is 58.0 Å². The third-order valence-corrected chi connectivity index (χ3v) is 6.96. The van der Waals surface area contributed by atoms with E-state index >= 15 is 0 Å². The molecule has 1 aromatic heterocycles. The number of aromatic nitrogens is 1. The van der Waals surface area contributed by atoms with E-state index in [9.17, 15) is 9.18 Å². The van der Waals surface area contributed by atoms with E-state index in [0.29, 0.717) is 29.3 Å². The summed E-state index contributed by atoms with van der Waals surface area (Å²) in [6, 6.07) is 18.7. The molecule has 7 heteroatoms. The number of hydrogen-bond acceptors (Lipinski definition) is 5. The summed E-state index contributed by atoms with van der Waals surface area (Å²) < 4.78 is 20.3. The number of aliphatic imine (C=N–C) groups is 1. The first-order chi connectivity index (χ1) is 18.4. The molecule has 0 aliphatic carbocycles. The van der Waals surface area contributed by atoms with Crippen LogP contribution in [-0.4, -0.2) is 47.6 Å². The molecule has 3 aromatic rings. The number of ketones is 1. The third-order valence-electron chi connectivity index (χ3n) is 6.72. The van der Waals surface area contributed by atoms with Crippen LogP contribution in [-0.2, 0) is 17.6 Å². The Bertz CT molecular complexity index is 1240. The van der Waals surface area contributed by atoms with Gasteiger partial charge >= 0.3 is 0 Å². The van der Waals surface area contributed by atoms with Crippen LogP contribution in [0.1, 0.15) is 55.8 Å². The van der Waals surface area contributed by atoms with Gasteiger partial charge in [-0.05, 0) is 80.5 Å². The number of piperidine rings is 1. The number of nitrogens with zero attached hydrogens (tertiary/aromatic N) is 3. The summed E-state index contributed by atoms with van der Waals surface area (Å²) in [6.45, 7) is 4.32. The summed E-state index contributed by atoms with van der Waals surface area (Å²) in [7, 11) is 0. The van der Waals surface area contributed by atoms with Gasteiger partial charge in [0.2, 0.25) is 5.88 Å². The number of pyridine rings is 1. The molecule has 38 heavy (non-hydrogen) atoms. The lowest BCUT2D eigenvalue weighted by molar-refractivity contribution is -0.117. The number of rotatable bonds is 12. The number of Topliss-reactive ketones (excluding diaryl/α,β-unsaturated/α-hetero) is 1. The minimum atomic E-state index is -0.324. The van der Waals surface area contributed by atoms with E-state index in [1.165, 1.54) is 11.6 Å². The second kappa shape index (κ2) is 14.2. The number of ether oxygens (including phenoxy) is 1. The van der Waals surface area contributed by atoms with Crippen LogP contribution in [0.25, 0.3) is 0 Å². The minimum Gasteiger partial charge on any atom is -0.474 e. The normalized spacial score (nSPS) is 14.7. The van der Waals surface area contributed by atoms with Crippen molar-refractivity contribution >= 4 is 29.3 Å². The van der Waals surface area contributed by atoms with E-state index in [4.69, 9.17) is 16.3 Å². The number of hydrogen-bond donors (Lipinski definition) is 0. The second-order valence-corrected chi connectivity index (χ2v) is 10.3. The minimum absolute atomic E-state index is 0.109. The maximum atomic E-state index is 14.2. The smallest absolute Gasteiger partial charge is 0.213 e. The van der Waals surface area contributed by atoms with E-state index in [2.05, 4.69) is 27.0 Å². The van der Waals surface area contributed by atoms with Crippen molar-refractivity contribution in [3.63, 3.8) is 0 Å². The van der Waals surface area contributed by atoms with Crippen LogP contribution in [0.15, 0.2) is 65.7 Å². The highest BCUT2D eigenvalue weighted by Crippen LogP contribution is 2.21. The van der Waals surface area contributed by atoms with Crippen molar-refractivity contribution in [1.29, 1.82) is 0 Å². The summed E-state index contributed by atoms with van der Waals surface area (Å²) in [6.07, 6.45) is 7.91. The predicted octanol–water partition coefficient (Wildman–Crippen LogP) is 7.01. The molecule has 0 spiro atoms.